The van der Waals surface area contributed by atoms with Crippen LogP contribution in [-0.4, -0.2) is 23.8 Å². The SMILES string of the molecule is CC(=O)CC1CN(C(c2ccccc2)c2ccccc2)C1. The Labute approximate surface area is 126 Å². The molecule has 2 aromatic rings. The number of hydrogen-bond donors (Lipinski definition) is 0. The highest BCUT2D eigenvalue weighted by Crippen LogP contribution is 2.35. The molecule has 2 heteroatoms. The van der Waals surface area contributed by atoms with Crippen molar-refractivity contribution in [1.82, 2.24) is 4.90 Å². The van der Waals surface area contributed by atoms with Gasteiger partial charge in [0.05, 0.1) is 6.04 Å². The van der Waals surface area contributed by atoms with E-state index in [4.69, 9.17) is 0 Å². The number of carbonyl (C=O) groups is 1. The van der Waals surface area contributed by atoms with Crippen molar-refractivity contribution >= 4 is 5.78 Å². The Balaban J connectivity index is 1.80. The molecule has 1 heterocycles. The normalized spacial score (nSPS) is 15.9. The minimum absolute atomic E-state index is 0.301. The van der Waals surface area contributed by atoms with Crippen LogP contribution in [0.4, 0.5) is 0 Å². The highest BCUT2D eigenvalue weighted by atomic mass is 16.1. The number of carbonyl (C=O) groups excluding carboxylic acids is 1. The summed E-state index contributed by atoms with van der Waals surface area (Å²) in [7, 11) is 0. The van der Waals surface area contributed by atoms with Gasteiger partial charge in [-0.1, -0.05) is 60.7 Å². The second-order valence-electron chi connectivity index (χ2n) is 5.95. The molecule has 0 radical (unpaired) electrons. The van der Waals surface area contributed by atoms with E-state index < -0.39 is 0 Å². The molecule has 0 atom stereocenters. The molecule has 1 saturated heterocycles. The van der Waals surface area contributed by atoms with E-state index in [1.807, 2.05) is 0 Å². The van der Waals surface area contributed by atoms with E-state index in [1.54, 1.807) is 6.92 Å². The molecule has 0 unspecified atom stereocenters. The van der Waals surface area contributed by atoms with Gasteiger partial charge in [0.25, 0.3) is 0 Å². The summed E-state index contributed by atoms with van der Waals surface area (Å²) in [5.41, 5.74) is 2.65. The molecule has 0 N–H and O–H groups in total. The highest BCUT2D eigenvalue weighted by molar-refractivity contribution is 5.75. The fourth-order valence-corrected chi connectivity index (χ4v) is 3.24. The lowest BCUT2D eigenvalue weighted by Gasteiger charge is -2.44. The Morgan fingerprint density at radius 3 is 1.90 bits per heavy atom. The summed E-state index contributed by atoms with van der Waals surface area (Å²) in [5, 5.41) is 0. The van der Waals surface area contributed by atoms with Gasteiger partial charge in [0.15, 0.2) is 0 Å². The molecule has 21 heavy (non-hydrogen) atoms. The number of nitrogens with zero attached hydrogens (tertiary/aromatic N) is 1. The standard InChI is InChI=1S/C19H21NO/c1-15(21)12-16-13-20(14-16)19(17-8-4-2-5-9-17)18-10-6-3-7-11-18/h2-11,16,19H,12-14H2,1H3. The van der Waals surface area contributed by atoms with Gasteiger partial charge in [-0.25, -0.2) is 0 Å². The van der Waals surface area contributed by atoms with Crippen LogP contribution < -0.4 is 0 Å². The maximum Gasteiger partial charge on any atom is 0.130 e. The Morgan fingerprint density at radius 1 is 1.00 bits per heavy atom. The molecule has 0 bridgehead atoms. The first-order chi connectivity index (χ1) is 10.2. The summed E-state index contributed by atoms with van der Waals surface area (Å²) in [6.45, 7) is 3.70. The minimum atomic E-state index is 0.301. The van der Waals surface area contributed by atoms with Crippen LogP contribution in [0.25, 0.3) is 0 Å². The second kappa shape index (κ2) is 6.23. The van der Waals surface area contributed by atoms with Crippen LogP contribution in [0.2, 0.25) is 0 Å². The smallest absolute Gasteiger partial charge is 0.130 e. The van der Waals surface area contributed by atoms with Crippen molar-refractivity contribution in [2.45, 2.75) is 19.4 Å². The Morgan fingerprint density at radius 2 is 1.48 bits per heavy atom. The van der Waals surface area contributed by atoms with Crippen LogP contribution >= 0.6 is 0 Å². The van der Waals surface area contributed by atoms with E-state index in [0.717, 1.165) is 13.1 Å². The second-order valence-corrected chi connectivity index (χ2v) is 5.95. The van der Waals surface area contributed by atoms with Gasteiger partial charge in [0, 0.05) is 19.5 Å². The van der Waals surface area contributed by atoms with E-state index >= 15 is 0 Å². The summed E-state index contributed by atoms with van der Waals surface area (Å²) in [4.78, 5) is 13.7. The first-order valence-corrected chi connectivity index (χ1v) is 7.57. The van der Waals surface area contributed by atoms with Crippen molar-refractivity contribution in [2.24, 2.45) is 5.92 Å². The fourth-order valence-electron chi connectivity index (χ4n) is 3.24. The first-order valence-electron chi connectivity index (χ1n) is 7.57. The molecule has 0 aromatic heterocycles. The molecule has 1 fully saturated rings. The van der Waals surface area contributed by atoms with Gasteiger partial charge in [-0.15, -0.1) is 0 Å². The molecule has 108 valence electrons. The maximum atomic E-state index is 11.2. The van der Waals surface area contributed by atoms with Gasteiger partial charge in [0.2, 0.25) is 0 Å². The lowest BCUT2D eigenvalue weighted by atomic mass is 9.88. The van der Waals surface area contributed by atoms with Crippen LogP contribution in [0.1, 0.15) is 30.5 Å². The Hall–Kier alpha value is -1.93. The fraction of sp³-hybridized carbons (Fsp3) is 0.316. The zero-order valence-electron chi connectivity index (χ0n) is 12.4. The average Bonchev–Trinajstić information content (AvgIpc) is 2.47. The van der Waals surface area contributed by atoms with Crippen molar-refractivity contribution in [3.63, 3.8) is 0 Å². The molecule has 0 amide bonds. The van der Waals surface area contributed by atoms with Crippen LogP contribution in [0.15, 0.2) is 60.7 Å². The summed E-state index contributed by atoms with van der Waals surface area (Å²) >= 11 is 0. The number of hydrogen-bond acceptors (Lipinski definition) is 2. The third kappa shape index (κ3) is 3.22. The van der Waals surface area contributed by atoms with E-state index in [9.17, 15) is 4.79 Å². The lowest BCUT2D eigenvalue weighted by Crippen LogP contribution is -2.49. The van der Waals surface area contributed by atoms with Crippen LogP contribution in [-0.2, 0) is 4.79 Å². The largest absolute Gasteiger partial charge is 0.300 e. The average molecular weight is 279 g/mol. The topological polar surface area (TPSA) is 20.3 Å². The zero-order valence-corrected chi connectivity index (χ0v) is 12.4. The first kappa shape index (κ1) is 14.0. The third-order valence-electron chi connectivity index (χ3n) is 4.16. The quantitative estimate of drug-likeness (QED) is 0.832. The van der Waals surface area contributed by atoms with Crippen molar-refractivity contribution in [2.75, 3.05) is 13.1 Å². The summed E-state index contributed by atoms with van der Waals surface area (Å²) in [5.74, 6) is 0.827. The number of likely N-dealkylation sites (tertiary alicyclic amines) is 1. The molecule has 2 nitrogen and oxygen atoms in total. The number of rotatable bonds is 5. The predicted molar refractivity (Wildman–Crippen MR) is 85.1 cm³/mol. The molecule has 0 saturated carbocycles. The molecule has 1 aliphatic heterocycles. The predicted octanol–water partition coefficient (Wildman–Crippen LogP) is 3.69. The minimum Gasteiger partial charge on any atom is -0.300 e. The molecular formula is C19H21NO. The number of benzene rings is 2. The molecule has 0 spiro atoms. The van der Waals surface area contributed by atoms with Crippen molar-refractivity contribution in [1.29, 1.82) is 0 Å². The number of ketones is 1. The highest BCUT2D eigenvalue weighted by Gasteiger charge is 2.34. The van der Waals surface area contributed by atoms with E-state index in [1.165, 1.54) is 11.1 Å². The maximum absolute atomic E-state index is 11.2. The van der Waals surface area contributed by atoms with Crippen molar-refractivity contribution in [3.05, 3.63) is 71.8 Å². The summed E-state index contributed by atoms with van der Waals surface area (Å²) < 4.78 is 0. The van der Waals surface area contributed by atoms with Crippen molar-refractivity contribution < 1.29 is 4.79 Å². The molecule has 3 rings (SSSR count). The van der Waals surface area contributed by atoms with Crippen LogP contribution in [0.3, 0.4) is 0 Å². The van der Waals surface area contributed by atoms with Gasteiger partial charge in [-0.2, -0.15) is 0 Å². The van der Waals surface area contributed by atoms with Gasteiger partial charge in [0.1, 0.15) is 5.78 Å². The van der Waals surface area contributed by atoms with Crippen LogP contribution in [0.5, 0.6) is 0 Å². The molecule has 2 aromatic carbocycles. The van der Waals surface area contributed by atoms with Crippen molar-refractivity contribution in [3.8, 4) is 0 Å². The van der Waals surface area contributed by atoms with E-state index in [-0.39, 0.29) is 0 Å². The zero-order chi connectivity index (χ0) is 14.7. The van der Waals surface area contributed by atoms with E-state index in [2.05, 4.69) is 65.6 Å². The number of Topliss-reactive ketones (excluding diaryl/α,β-unsaturated/α-hetero) is 1. The van der Waals surface area contributed by atoms with Gasteiger partial charge in [-0.3, -0.25) is 4.90 Å². The monoisotopic (exact) mass is 279 g/mol. The lowest BCUT2D eigenvalue weighted by molar-refractivity contribution is -0.119. The molecule has 0 aliphatic carbocycles. The van der Waals surface area contributed by atoms with Crippen LogP contribution in [0, 0.1) is 5.92 Å². The van der Waals surface area contributed by atoms with Gasteiger partial charge >= 0.3 is 0 Å². The summed E-state index contributed by atoms with van der Waals surface area (Å²) in [6.07, 6.45) is 0.715. The Bertz CT molecular complexity index is 548. The Kier molecular flexibility index (Phi) is 4.16. The van der Waals surface area contributed by atoms with Gasteiger partial charge in [-0.05, 0) is 24.0 Å². The molecule has 1 aliphatic rings. The summed E-state index contributed by atoms with van der Waals surface area (Å²) in [6, 6.07) is 21.6. The third-order valence-corrected chi connectivity index (χ3v) is 4.16. The molecular weight excluding hydrogens is 258 g/mol. The van der Waals surface area contributed by atoms with Gasteiger partial charge < -0.3 is 4.79 Å². The van der Waals surface area contributed by atoms with E-state index in [0.29, 0.717) is 24.2 Å².